The number of benzene rings is 1. The van der Waals surface area contributed by atoms with Crippen LogP contribution in [0, 0.1) is 6.92 Å². The largest absolute Gasteiger partial charge is 0.347 e. The SMILES string of the molecule is Cc1ccc(-c2ccccc2C(=O)NC(C)(C)C)nc1. The van der Waals surface area contributed by atoms with E-state index in [1.165, 1.54) is 0 Å². The molecule has 0 fully saturated rings. The molecule has 20 heavy (non-hydrogen) atoms. The van der Waals surface area contributed by atoms with Gasteiger partial charge < -0.3 is 5.32 Å². The van der Waals surface area contributed by atoms with Crippen molar-refractivity contribution < 1.29 is 4.79 Å². The van der Waals surface area contributed by atoms with Crippen molar-refractivity contribution in [3.8, 4) is 11.3 Å². The minimum atomic E-state index is -0.259. The highest BCUT2D eigenvalue weighted by molar-refractivity contribution is 6.00. The van der Waals surface area contributed by atoms with E-state index in [9.17, 15) is 4.79 Å². The Hall–Kier alpha value is -2.16. The minimum Gasteiger partial charge on any atom is -0.347 e. The summed E-state index contributed by atoms with van der Waals surface area (Å²) < 4.78 is 0. The first-order valence-corrected chi connectivity index (χ1v) is 6.71. The molecule has 0 saturated heterocycles. The summed E-state index contributed by atoms with van der Waals surface area (Å²) in [6, 6.07) is 11.5. The van der Waals surface area contributed by atoms with E-state index in [2.05, 4.69) is 10.3 Å². The first-order chi connectivity index (χ1) is 9.37. The van der Waals surface area contributed by atoms with E-state index in [1.54, 1.807) is 0 Å². The zero-order valence-corrected chi connectivity index (χ0v) is 12.4. The van der Waals surface area contributed by atoms with E-state index >= 15 is 0 Å². The van der Waals surface area contributed by atoms with Crippen molar-refractivity contribution in [1.29, 1.82) is 0 Å². The van der Waals surface area contributed by atoms with Crippen molar-refractivity contribution in [2.24, 2.45) is 0 Å². The number of rotatable bonds is 2. The molecular weight excluding hydrogens is 248 g/mol. The predicted molar refractivity (Wildman–Crippen MR) is 81.6 cm³/mol. The van der Waals surface area contributed by atoms with Gasteiger partial charge >= 0.3 is 0 Å². The van der Waals surface area contributed by atoms with Gasteiger partial charge in [-0.3, -0.25) is 9.78 Å². The quantitative estimate of drug-likeness (QED) is 0.904. The lowest BCUT2D eigenvalue weighted by Crippen LogP contribution is -2.40. The number of nitrogens with one attached hydrogen (secondary N) is 1. The molecule has 0 unspecified atom stereocenters. The van der Waals surface area contributed by atoms with Crippen LogP contribution in [0.2, 0.25) is 0 Å². The average molecular weight is 268 g/mol. The van der Waals surface area contributed by atoms with Crippen LogP contribution in [-0.4, -0.2) is 16.4 Å². The molecule has 0 aliphatic heterocycles. The van der Waals surface area contributed by atoms with Crippen LogP contribution in [0.5, 0.6) is 0 Å². The second-order valence-electron chi connectivity index (χ2n) is 5.97. The highest BCUT2D eigenvalue weighted by Gasteiger charge is 2.18. The fourth-order valence-corrected chi connectivity index (χ4v) is 1.94. The molecular formula is C17H20N2O. The number of aryl methyl sites for hydroxylation is 1. The van der Waals surface area contributed by atoms with Crippen LogP contribution in [0.1, 0.15) is 36.7 Å². The van der Waals surface area contributed by atoms with Gasteiger partial charge in [0.15, 0.2) is 0 Å². The van der Waals surface area contributed by atoms with Crippen LogP contribution in [-0.2, 0) is 0 Å². The number of pyridine rings is 1. The van der Waals surface area contributed by atoms with Crippen molar-refractivity contribution >= 4 is 5.91 Å². The molecule has 0 radical (unpaired) electrons. The molecule has 1 aromatic carbocycles. The Balaban J connectivity index is 2.40. The van der Waals surface area contributed by atoms with Gasteiger partial charge in [0.25, 0.3) is 5.91 Å². The monoisotopic (exact) mass is 268 g/mol. The van der Waals surface area contributed by atoms with E-state index in [1.807, 2.05) is 70.3 Å². The van der Waals surface area contributed by atoms with Gasteiger partial charge in [-0.05, 0) is 45.4 Å². The highest BCUT2D eigenvalue weighted by atomic mass is 16.1. The maximum atomic E-state index is 12.4. The Labute approximate surface area is 120 Å². The van der Waals surface area contributed by atoms with E-state index in [0.29, 0.717) is 5.56 Å². The lowest BCUT2D eigenvalue weighted by Gasteiger charge is -2.21. The van der Waals surface area contributed by atoms with Crippen LogP contribution in [0.4, 0.5) is 0 Å². The number of hydrogen-bond acceptors (Lipinski definition) is 2. The Kier molecular flexibility index (Phi) is 3.89. The summed E-state index contributed by atoms with van der Waals surface area (Å²) in [4.78, 5) is 16.8. The fourth-order valence-electron chi connectivity index (χ4n) is 1.94. The van der Waals surface area contributed by atoms with Gasteiger partial charge in [-0.2, -0.15) is 0 Å². The molecule has 104 valence electrons. The Morgan fingerprint density at radius 2 is 1.80 bits per heavy atom. The summed E-state index contributed by atoms with van der Waals surface area (Å²) in [5, 5.41) is 2.99. The van der Waals surface area contributed by atoms with Crippen LogP contribution >= 0.6 is 0 Å². The van der Waals surface area contributed by atoms with Gasteiger partial charge in [0.2, 0.25) is 0 Å². The van der Waals surface area contributed by atoms with E-state index in [-0.39, 0.29) is 11.4 Å². The predicted octanol–water partition coefficient (Wildman–Crippen LogP) is 3.59. The van der Waals surface area contributed by atoms with Gasteiger partial charge in [-0.25, -0.2) is 0 Å². The van der Waals surface area contributed by atoms with Crippen LogP contribution in [0.3, 0.4) is 0 Å². The molecule has 0 atom stereocenters. The first-order valence-electron chi connectivity index (χ1n) is 6.71. The topological polar surface area (TPSA) is 42.0 Å². The van der Waals surface area contributed by atoms with Crippen LogP contribution < -0.4 is 5.32 Å². The Morgan fingerprint density at radius 1 is 1.10 bits per heavy atom. The summed E-state index contributed by atoms with van der Waals surface area (Å²) in [6.07, 6.45) is 1.81. The Morgan fingerprint density at radius 3 is 2.40 bits per heavy atom. The normalized spacial score (nSPS) is 11.2. The molecule has 1 heterocycles. The van der Waals surface area contributed by atoms with Crippen molar-refractivity contribution in [3.05, 3.63) is 53.7 Å². The van der Waals surface area contributed by atoms with Crippen molar-refractivity contribution in [2.45, 2.75) is 33.2 Å². The fraction of sp³-hybridized carbons (Fsp3) is 0.294. The summed E-state index contributed by atoms with van der Waals surface area (Å²) in [5.74, 6) is -0.0736. The molecule has 1 amide bonds. The molecule has 2 aromatic rings. The molecule has 3 heteroatoms. The molecule has 0 aliphatic carbocycles. The second kappa shape index (κ2) is 5.45. The molecule has 2 rings (SSSR count). The standard InChI is InChI=1S/C17H20N2O/c1-12-9-10-15(18-11-12)13-7-5-6-8-14(13)16(20)19-17(2,3)4/h5-11H,1-4H3,(H,19,20). The molecule has 3 nitrogen and oxygen atoms in total. The third kappa shape index (κ3) is 3.44. The minimum absolute atomic E-state index is 0.0736. The number of amides is 1. The Bertz CT molecular complexity index is 610. The van der Waals surface area contributed by atoms with Crippen LogP contribution in [0.25, 0.3) is 11.3 Å². The summed E-state index contributed by atoms with van der Waals surface area (Å²) in [7, 11) is 0. The summed E-state index contributed by atoms with van der Waals surface area (Å²) in [5.41, 5.74) is 3.17. The second-order valence-corrected chi connectivity index (χ2v) is 5.97. The lowest BCUT2D eigenvalue weighted by molar-refractivity contribution is 0.0920. The van der Waals surface area contributed by atoms with Gasteiger partial charge in [0.05, 0.1) is 5.69 Å². The maximum absolute atomic E-state index is 12.4. The molecule has 1 N–H and O–H groups in total. The van der Waals surface area contributed by atoms with E-state index in [0.717, 1.165) is 16.8 Å². The van der Waals surface area contributed by atoms with E-state index < -0.39 is 0 Å². The first kappa shape index (κ1) is 14.3. The third-order valence-corrected chi connectivity index (χ3v) is 2.85. The number of hydrogen-bond donors (Lipinski definition) is 1. The van der Waals surface area contributed by atoms with Gasteiger partial charge in [-0.15, -0.1) is 0 Å². The zero-order valence-electron chi connectivity index (χ0n) is 12.4. The van der Waals surface area contributed by atoms with Crippen molar-refractivity contribution in [3.63, 3.8) is 0 Å². The summed E-state index contributed by atoms with van der Waals surface area (Å²) in [6.45, 7) is 7.90. The highest BCUT2D eigenvalue weighted by Crippen LogP contribution is 2.22. The molecule has 0 spiro atoms. The van der Waals surface area contributed by atoms with Crippen molar-refractivity contribution in [2.75, 3.05) is 0 Å². The van der Waals surface area contributed by atoms with Crippen LogP contribution in [0.15, 0.2) is 42.6 Å². The molecule has 0 bridgehead atoms. The van der Waals surface area contributed by atoms with Gasteiger partial charge in [0.1, 0.15) is 0 Å². The van der Waals surface area contributed by atoms with Crippen molar-refractivity contribution in [1.82, 2.24) is 10.3 Å². The lowest BCUT2D eigenvalue weighted by atomic mass is 10.0. The van der Waals surface area contributed by atoms with Gasteiger partial charge in [0, 0.05) is 22.9 Å². The number of aromatic nitrogens is 1. The number of carbonyl (C=O) groups is 1. The molecule has 1 aromatic heterocycles. The zero-order chi connectivity index (χ0) is 14.8. The average Bonchev–Trinajstić information content (AvgIpc) is 2.38. The van der Waals surface area contributed by atoms with E-state index in [4.69, 9.17) is 0 Å². The third-order valence-electron chi connectivity index (χ3n) is 2.85. The number of nitrogens with zero attached hydrogens (tertiary/aromatic N) is 1. The summed E-state index contributed by atoms with van der Waals surface area (Å²) >= 11 is 0. The van der Waals surface area contributed by atoms with Gasteiger partial charge in [-0.1, -0.05) is 24.3 Å². The maximum Gasteiger partial charge on any atom is 0.252 e. The molecule has 0 aliphatic rings. The molecule has 0 saturated carbocycles. The number of carbonyl (C=O) groups excluding carboxylic acids is 1. The smallest absolute Gasteiger partial charge is 0.252 e.